The summed E-state index contributed by atoms with van der Waals surface area (Å²) in [6.45, 7) is 6.31. The van der Waals surface area contributed by atoms with Crippen molar-refractivity contribution in [1.82, 2.24) is 5.32 Å². The van der Waals surface area contributed by atoms with Crippen LogP contribution in [0, 0.1) is 13.8 Å². The Morgan fingerprint density at radius 3 is 2.55 bits per heavy atom. The Labute approximate surface area is 129 Å². The van der Waals surface area contributed by atoms with Gasteiger partial charge < -0.3 is 10.1 Å². The van der Waals surface area contributed by atoms with E-state index in [1.165, 1.54) is 11.1 Å². The maximum absolute atomic E-state index is 6.15. The van der Waals surface area contributed by atoms with Gasteiger partial charge in [-0.15, -0.1) is 0 Å². The molecule has 1 N–H and O–H groups in total. The third-order valence-electron chi connectivity index (χ3n) is 3.65. The highest BCUT2D eigenvalue weighted by molar-refractivity contribution is 9.10. The van der Waals surface area contributed by atoms with E-state index in [0.29, 0.717) is 0 Å². The zero-order valence-corrected chi connectivity index (χ0v) is 13.9. The molecule has 20 heavy (non-hydrogen) atoms. The SMILES string of the molecule is CNC(C)c1ccc(Br)cc1Oc1cccc(C)c1C. The summed E-state index contributed by atoms with van der Waals surface area (Å²) >= 11 is 3.51. The maximum atomic E-state index is 6.15. The van der Waals surface area contributed by atoms with Gasteiger partial charge in [0.05, 0.1) is 0 Å². The van der Waals surface area contributed by atoms with E-state index >= 15 is 0 Å². The molecule has 3 heteroatoms. The zero-order chi connectivity index (χ0) is 14.7. The van der Waals surface area contributed by atoms with Gasteiger partial charge >= 0.3 is 0 Å². The lowest BCUT2D eigenvalue weighted by molar-refractivity contribution is 0.462. The number of benzene rings is 2. The average molecular weight is 334 g/mol. The lowest BCUT2D eigenvalue weighted by Crippen LogP contribution is -2.13. The van der Waals surface area contributed by atoms with Crippen LogP contribution >= 0.6 is 15.9 Å². The van der Waals surface area contributed by atoms with Crippen LogP contribution in [0.1, 0.15) is 29.7 Å². The van der Waals surface area contributed by atoms with E-state index in [9.17, 15) is 0 Å². The molecule has 0 aliphatic heterocycles. The normalized spacial score (nSPS) is 12.2. The highest BCUT2D eigenvalue weighted by atomic mass is 79.9. The summed E-state index contributed by atoms with van der Waals surface area (Å²) in [5, 5.41) is 3.26. The fraction of sp³-hybridized carbons (Fsp3) is 0.294. The van der Waals surface area contributed by atoms with E-state index in [0.717, 1.165) is 21.5 Å². The molecule has 0 aliphatic carbocycles. The van der Waals surface area contributed by atoms with E-state index in [-0.39, 0.29) is 6.04 Å². The lowest BCUT2D eigenvalue weighted by atomic mass is 10.1. The number of nitrogens with one attached hydrogen (secondary N) is 1. The van der Waals surface area contributed by atoms with Gasteiger partial charge in [0.2, 0.25) is 0 Å². The van der Waals surface area contributed by atoms with E-state index < -0.39 is 0 Å². The van der Waals surface area contributed by atoms with Crippen LogP contribution in [0.3, 0.4) is 0 Å². The molecule has 106 valence electrons. The predicted octanol–water partition coefficient (Wildman–Crippen LogP) is 5.14. The van der Waals surface area contributed by atoms with E-state index in [4.69, 9.17) is 4.74 Å². The van der Waals surface area contributed by atoms with Crippen molar-refractivity contribution >= 4 is 15.9 Å². The molecule has 2 aromatic carbocycles. The summed E-state index contributed by atoms with van der Waals surface area (Å²) in [4.78, 5) is 0. The van der Waals surface area contributed by atoms with Crippen molar-refractivity contribution in [2.75, 3.05) is 7.05 Å². The fourth-order valence-electron chi connectivity index (χ4n) is 2.06. The van der Waals surface area contributed by atoms with Gasteiger partial charge in [0.1, 0.15) is 11.5 Å². The summed E-state index contributed by atoms with van der Waals surface area (Å²) in [6.07, 6.45) is 0. The summed E-state index contributed by atoms with van der Waals surface area (Å²) in [5.74, 6) is 1.79. The Morgan fingerprint density at radius 1 is 1.10 bits per heavy atom. The molecule has 0 bridgehead atoms. The van der Waals surface area contributed by atoms with Crippen molar-refractivity contribution in [2.45, 2.75) is 26.8 Å². The molecular weight excluding hydrogens is 314 g/mol. The quantitative estimate of drug-likeness (QED) is 0.836. The molecule has 0 aromatic heterocycles. The van der Waals surface area contributed by atoms with Crippen molar-refractivity contribution in [2.24, 2.45) is 0 Å². The molecular formula is C17H20BrNO. The minimum absolute atomic E-state index is 0.239. The molecule has 0 fully saturated rings. The Hall–Kier alpha value is -1.32. The molecule has 0 radical (unpaired) electrons. The van der Waals surface area contributed by atoms with Crippen LogP contribution in [0.15, 0.2) is 40.9 Å². The maximum Gasteiger partial charge on any atom is 0.133 e. The summed E-state index contributed by atoms with van der Waals surface area (Å²) in [5.41, 5.74) is 3.56. The van der Waals surface area contributed by atoms with Gasteiger partial charge in [-0.25, -0.2) is 0 Å². The first-order chi connectivity index (χ1) is 9.52. The first-order valence-corrected chi connectivity index (χ1v) is 7.53. The Morgan fingerprint density at radius 2 is 1.85 bits per heavy atom. The minimum atomic E-state index is 0.239. The van der Waals surface area contributed by atoms with Crippen molar-refractivity contribution in [1.29, 1.82) is 0 Å². The smallest absolute Gasteiger partial charge is 0.133 e. The number of halogens is 1. The van der Waals surface area contributed by atoms with Gasteiger partial charge in [-0.3, -0.25) is 0 Å². The average Bonchev–Trinajstić information content (AvgIpc) is 2.43. The fourth-order valence-corrected chi connectivity index (χ4v) is 2.40. The molecule has 0 spiro atoms. The minimum Gasteiger partial charge on any atom is -0.457 e. The molecule has 0 saturated heterocycles. The van der Waals surface area contributed by atoms with E-state index in [2.05, 4.69) is 54.2 Å². The third kappa shape index (κ3) is 3.22. The topological polar surface area (TPSA) is 21.3 Å². The van der Waals surface area contributed by atoms with Gasteiger partial charge in [-0.05, 0) is 57.1 Å². The second-order valence-electron chi connectivity index (χ2n) is 4.99. The third-order valence-corrected chi connectivity index (χ3v) is 4.14. The number of rotatable bonds is 4. The number of hydrogen-bond donors (Lipinski definition) is 1. The Bertz CT molecular complexity index is 610. The zero-order valence-electron chi connectivity index (χ0n) is 12.3. The molecule has 1 atom stereocenters. The Balaban J connectivity index is 2.42. The van der Waals surface area contributed by atoms with E-state index in [1.807, 2.05) is 31.3 Å². The van der Waals surface area contributed by atoms with Crippen molar-refractivity contribution in [3.63, 3.8) is 0 Å². The Kier molecular flexibility index (Phi) is 4.84. The van der Waals surface area contributed by atoms with E-state index in [1.54, 1.807) is 0 Å². The van der Waals surface area contributed by atoms with Gasteiger partial charge in [-0.1, -0.05) is 34.1 Å². The van der Waals surface area contributed by atoms with Crippen LogP contribution in [-0.2, 0) is 0 Å². The van der Waals surface area contributed by atoms with Gasteiger partial charge in [0.25, 0.3) is 0 Å². The summed E-state index contributed by atoms with van der Waals surface area (Å²) in [7, 11) is 1.95. The van der Waals surface area contributed by atoms with Gasteiger partial charge in [-0.2, -0.15) is 0 Å². The van der Waals surface area contributed by atoms with Crippen molar-refractivity contribution in [3.8, 4) is 11.5 Å². The molecule has 0 aliphatic rings. The number of aryl methyl sites for hydroxylation is 1. The monoisotopic (exact) mass is 333 g/mol. The molecule has 2 aromatic rings. The molecule has 0 amide bonds. The first-order valence-electron chi connectivity index (χ1n) is 6.73. The molecule has 2 nitrogen and oxygen atoms in total. The van der Waals surface area contributed by atoms with Crippen molar-refractivity contribution < 1.29 is 4.74 Å². The van der Waals surface area contributed by atoms with Gasteiger partial charge in [0.15, 0.2) is 0 Å². The van der Waals surface area contributed by atoms with Crippen molar-refractivity contribution in [3.05, 3.63) is 57.6 Å². The van der Waals surface area contributed by atoms with Crippen LogP contribution in [0.2, 0.25) is 0 Å². The number of hydrogen-bond acceptors (Lipinski definition) is 2. The summed E-state index contributed by atoms with van der Waals surface area (Å²) in [6, 6.07) is 12.5. The highest BCUT2D eigenvalue weighted by Gasteiger charge is 2.12. The molecule has 0 saturated carbocycles. The van der Waals surface area contributed by atoms with Crippen LogP contribution in [0.5, 0.6) is 11.5 Å². The predicted molar refractivity (Wildman–Crippen MR) is 87.6 cm³/mol. The highest BCUT2D eigenvalue weighted by Crippen LogP contribution is 2.34. The van der Waals surface area contributed by atoms with Crippen LogP contribution in [0.4, 0.5) is 0 Å². The van der Waals surface area contributed by atoms with Crippen LogP contribution in [0.25, 0.3) is 0 Å². The number of ether oxygens (including phenoxy) is 1. The van der Waals surface area contributed by atoms with Crippen LogP contribution in [-0.4, -0.2) is 7.05 Å². The molecule has 2 rings (SSSR count). The molecule has 0 heterocycles. The first kappa shape index (κ1) is 15.1. The largest absolute Gasteiger partial charge is 0.457 e. The second kappa shape index (κ2) is 6.42. The second-order valence-corrected chi connectivity index (χ2v) is 5.91. The van der Waals surface area contributed by atoms with Crippen LogP contribution < -0.4 is 10.1 Å². The molecule has 1 unspecified atom stereocenters. The van der Waals surface area contributed by atoms with Gasteiger partial charge in [0, 0.05) is 16.1 Å². The summed E-state index contributed by atoms with van der Waals surface area (Å²) < 4.78 is 7.17. The standard InChI is InChI=1S/C17H20BrNO/c1-11-6-5-7-16(12(11)2)20-17-10-14(18)8-9-15(17)13(3)19-4/h5-10,13,19H,1-4H3. The lowest BCUT2D eigenvalue weighted by Gasteiger charge is -2.18.